The molecule has 1 saturated heterocycles. The monoisotopic (exact) mass is 491 g/mol. The number of aliphatic hydroxyl groups excluding tert-OH is 1. The van der Waals surface area contributed by atoms with Gasteiger partial charge in [-0.05, 0) is 55.7 Å². The van der Waals surface area contributed by atoms with E-state index in [2.05, 4.69) is 12.1 Å². The first-order chi connectivity index (χ1) is 16.2. The number of likely N-dealkylation sites (tertiary alicyclic amines) is 1. The molecule has 2 heterocycles. The van der Waals surface area contributed by atoms with Crippen molar-refractivity contribution in [1.29, 1.82) is 0 Å². The number of hydrogen-bond acceptors (Lipinski definition) is 4. The van der Waals surface area contributed by atoms with Crippen molar-refractivity contribution in [2.24, 2.45) is 5.92 Å². The van der Waals surface area contributed by atoms with Gasteiger partial charge in [-0.1, -0.05) is 49.4 Å². The molecule has 1 fully saturated rings. The second kappa shape index (κ2) is 11.7. The van der Waals surface area contributed by atoms with E-state index in [1.54, 1.807) is 6.07 Å². The topological polar surface area (TPSA) is 77.8 Å². The molecule has 3 rings (SSSR count). The third-order valence-electron chi connectivity index (χ3n) is 6.22. The van der Waals surface area contributed by atoms with Crippen molar-refractivity contribution in [2.45, 2.75) is 63.5 Å². The average molecular weight is 492 g/mol. The molecule has 2 N–H and O–H groups in total. The first-order valence-corrected chi connectivity index (χ1v) is 12.4. The van der Waals surface area contributed by atoms with E-state index in [0.29, 0.717) is 12.8 Å². The van der Waals surface area contributed by atoms with Gasteiger partial charge in [0.1, 0.15) is 4.88 Å². The van der Waals surface area contributed by atoms with Gasteiger partial charge in [-0.3, -0.25) is 4.79 Å². The number of halogens is 2. The van der Waals surface area contributed by atoms with Crippen LogP contribution >= 0.6 is 11.3 Å². The normalized spacial score (nSPS) is 19.6. The van der Waals surface area contributed by atoms with Crippen LogP contribution in [0.15, 0.2) is 54.6 Å². The standard InChI is InChI=1S/C26H31F2NO4S/c1-18(7-5-10-19-8-3-2-4-9-19)22(30)14-12-20-17-26(27,28)25(33)29(20)16-6-11-21-13-15-23(34-21)24(31)32/h2-4,8-9,12-15,18,20,22,30H,5-7,10-11,16-17H2,1H3,(H,31,32)/t18-,20-,22-/m0/s1. The number of carbonyl (C=O) groups is 2. The van der Waals surface area contributed by atoms with E-state index in [9.17, 15) is 23.5 Å². The third-order valence-corrected chi connectivity index (χ3v) is 7.35. The summed E-state index contributed by atoms with van der Waals surface area (Å²) in [6, 6.07) is 12.5. The molecule has 2 aromatic rings. The summed E-state index contributed by atoms with van der Waals surface area (Å²) in [6.07, 6.45) is 5.27. The molecular weight excluding hydrogens is 460 g/mol. The summed E-state index contributed by atoms with van der Waals surface area (Å²) < 4.78 is 28.3. The highest BCUT2D eigenvalue weighted by Gasteiger charge is 2.52. The first kappa shape index (κ1) is 26.0. The molecule has 1 amide bonds. The van der Waals surface area contributed by atoms with Gasteiger partial charge in [0, 0.05) is 17.8 Å². The summed E-state index contributed by atoms with van der Waals surface area (Å²) >= 11 is 1.15. The molecule has 34 heavy (non-hydrogen) atoms. The van der Waals surface area contributed by atoms with Crippen LogP contribution in [0.2, 0.25) is 0 Å². The van der Waals surface area contributed by atoms with E-state index < -0.39 is 36.4 Å². The molecule has 5 nitrogen and oxygen atoms in total. The fraction of sp³-hybridized carbons (Fsp3) is 0.462. The number of aromatic carboxylic acids is 1. The number of rotatable bonds is 12. The minimum absolute atomic E-state index is 0.0340. The zero-order chi connectivity index (χ0) is 24.7. The number of aliphatic hydroxyl groups is 1. The Labute approximate surface area is 202 Å². The van der Waals surface area contributed by atoms with Crippen LogP contribution < -0.4 is 0 Å². The van der Waals surface area contributed by atoms with Crippen molar-refractivity contribution in [1.82, 2.24) is 4.90 Å². The minimum Gasteiger partial charge on any atom is -0.477 e. The summed E-state index contributed by atoms with van der Waals surface area (Å²) in [6.45, 7) is 2.07. The second-order valence-electron chi connectivity index (χ2n) is 8.88. The van der Waals surface area contributed by atoms with Crippen LogP contribution in [0.1, 0.15) is 52.7 Å². The summed E-state index contributed by atoms with van der Waals surface area (Å²) in [5.41, 5.74) is 1.24. The van der Waals surface area contributed by atoms with Crippen LogP contribution in [0.3, 0.4) is 0 Å². The van der Waals surface area contributed by atoms with E-state index in [1.165, 1.54) is 28.7 Å². The smallest absolute Gasteiger partial charge is 0.345 e. The minimum atomic E-state index is -3.42. The van der Waals surface area contributed by atoms with Crippen LogP contribution in [-0.2, 0) is 17.6 Å². The van der Waals surface area contributed by atoms with Crippen molar-refractivity contribution in [3.8, 4) is 0 Å². The maximum Gasteiger partial charge on any atom is 0.345 e. The van der Waals surface area contributed by atoms with E-state index >= 15 is 0 Å². The molecule has 0 saturated carbocycles. The molecule has 8 heteroatoms. The van der Waals surface area contributed by atoms with Gasteiger partial charge < -0.3 is 15.1 Å². The Bertz CT molecular complexity index is 992. The van der Waals surface area contributed by atoms with Crippen LogP contribution in [0.5, 0.6) is 0 Å². The van der Waals surface area contributed by atoms with Gasteiger partial charge in [0.2, 0.25) is 0 Å². The van der Waals surface area contributed by atoms with Crippen molar-refractivity contribution in [2.75, 3.05) is 6.54 Å². The number of nitrogens with zero attached hydrogens (tertiary/aromatic N) is 1. The zero-order valence-corrected chi connectivity index (χ0v) is 20.0. The molecule has 3 atom stereocenters. The average Bonchev–Trinajstić information content (AvgIpc) is 3.36. The maximum atomic E-state index is 14.1. The Hall–Kier alpha value is -2.58. The number of thiophene rings is 1. The van der Waals surface area contributed by atoms with Crippen molar-refractivity contribution < 1.29 is 28.6 Å². The highest BCUT2D eigenvalue weighted by Crippen LogP contribution is 2.34. The molecule has 0 radical (unpaired) electrons. The van der Waals surface area contributed by atoms with Crippen LogP contribution in [-0.4, -0.2) is 51.6 Å². The second-order valence-corrected chi connectivity index (χ2v) is 10.0. The Morgan fingerprint density at radius 2 is 1.94 bits per heavy atom. The van der Waals surface area contributed by atoms with Gasteiger partial charge in [0.25, 0.3) is 5.91 Å². The number of hydrogen-bond donors (Lipinski definition) is 2. The van der Waals surface area contributed by atoms with E-state index in [1.807, 2.05) is 25.1 Å². The van der Waals surface area contributed by atoms with Crippen LogP contribution in [0.25, 0.3) is 0 Å². The van der Waals surface area contributed by atoms with E-state index in [-0.39, 0.29) is 17.3 Å². The van der Waals surface area contributed by atoms with Gasteiger partial charge in [-0.15, -0.1) is 11.3 Å². The molecule has 1 aromatic carbocycles. The summed E-state index contributed by atoms with van der Waals surface area (Å²) in [5.74, 6) is -5.64. The Kier molecular flexibility index (Phi) is 8.97. The molecule has 1 aliphatic heterocycles. The molecule has 1 aliphatic rings. The van der Waals surface area contributed by atoms with Gasteiger partial charge in [-0.2, -0.15) is 8.78 Å². The zero-order valence-electron chi connectivity index (χ0n) is 19.2. The number of amides is 1. The number of alkyl halides is 2. The van der Waals surface area contributed by atoms with Gasteiger partial charge in [0.05, 0.1) is 12.1 Å². The molecular formula is C26H31F2NO4S. The fourth-order valence-corrected chi connectivity index (χ4v) is 5.07. The lowest BCUT2D eigenvalue weighted by atomic mass is 9.95. The Morgan fingerprint density at radius 1 is 1.21 bits per heavy atom. The molecule has 0 spiro atoms. The summed E-state index contributed by atoms with van der Waals surface area (Å²) in [5, 5.41) is 19.5. The lowest BCUT2D eigenvalue weighted by Gasteiger charge is -2.22. The highest BCUT2D eigenvalue weighted by molar-refractivity contribution is 7.13. The molecule has 0 unspecified atom stereocenters. The molecule has 1 aromatic heterocycles. The SMILES string of the molecule is C[C@@H](CCCc1ccccc1)[C@@H](O)C=C[C@H]1CC(F)(F)C(=O)N1CCCc1ccc(C(=O)O)s1. The van der Waals surface area contributed by atoms with Crippen molar-refractivity contribution in [3.05, 3.63) is 69.9 Å². The predicted octanol–water partition coefficient (Wildman–Crippen LogP) is 5.19. The van der Waals surface area contributed by atoms with E-state index in [4.69, 9.17) is 5.11 Å². The number of aryl methyl sites for hydroxylation is 2. The Balaban J connectivity index is 1.51. The summed E-state index contributed by atoms with van der Waals surface area (Å²) in [4.78, 5) is 25.5. The van der Waals surface area contributed by atoms with Gasteiger partial charge in [0.15, 0.2) is 0 Å². The number of carboxylic acid groups (broad SMARTS) is 1. The molecule has 0 aliphatic carbocycles. The van der Waals surface area contributed by atoms with E-state index in [0.717, 1.165) is 35.5 Å². The van der Waals surface area contributed by atoms with Crippen molar-refractivity contribution >= 4 is 23.2 Å². The number of carboxylic acids is 1. The highest BCUT2D eigenvalue weighted by atomic mass is 32.1. The summed E-state index contributed by atoms with van der Waals surface area (Å²) in [7, 11) is 0. The van der Waals surface area contributed by atoms with Gasteiger partial charge in [-0.25, -0.2) is 4.79 Å². The largest absolute Gasteiger partial charge is 0.477 e. The quantitative estimate of drug-likeness (QED) is 0.401. The third kappa shape index (κ3) is 6.96. The van der Waals surface area contributed by atoms with Crippen LogP contribution in [0.4, 0.5) is 8.78 Å². The Morgan fingerprint density at radius 3 is 2.62 bits per heavy atom. The predicted molar refractivity (Wildman–Crippen MR) is 128 cm³/mol. The number of carbonyl (C=O) groups excluding carboxylic acids is 1. The maximum absolute atomic E-state index is 14.1. The van der Waals surface area contributed by atoms with Crippen LogP contribution in [0, 0.1) is 5.92 Å². The fourth-order valence-electron chi connectivity index (χ4n) is 4.19. The number of benzene rings is 1. The van der Waals surface area contributed by atoms with Crippen molar-refractivity contribution in [3.63, 3.8) is 0 Å². The first-order valence-electron chi connectivity index (χ1n) is 11.6. The lowest BCUT2D eigenvalue weighted by Crippen LogP contribution is -2.36. The molecule has 184 valence electrons. The lowest BCUT2D eigenvalue weighted by molar-refractivity contribution is -0.148. The molecule has 0 bridgehead atoms. The van der Waals surface area contributed by atoms with Gasteiger partial charge >= 0.3 is 11.9 Å².